The standard InChI is InChI=1S/C13H12O3S2/c1-9-2-4-10(5-3-9)16-11-6-13(17-7-11)18-8-12(14)15/h2-7H,8H2,1H3,(H,14,15). The van der Waals surface area contributed by atoms with Gasteiger partial charge in [-0.05, 0) is 19.1 Å². The number of thioether (sulfide) groups is 1. The van der Waals surface area contributed by atoms with E-state index in [1.165, 1.54) is 28.7 Å². The molecule has 0 amide bonds. The molecule has 0 aliphatic carbocycles. The average molecular weight is 280 g/mol. The van der Waals surface area contributed by atoms with E-state index in [4.69, 9.17) is 9.84 Å². The molecule has 0 saturated heterocycles. The van der Waals surface area contributed by atoms with Crippen molar-refractivity contribution in [3.05, 3.63) is 41.3 Å². The number of hydrogen-bond donors (Lipinski definition) is 1. The molecule has 5 heteroatoms. The number of rotatable bonds is 5. The molecule has 3 nitrogen and oxygen atoms in total. The molecule has 1 heterocycles. The topological polar surface area (TPSA) is 46.5 Å². The third-order valence-electron chi connectivity index (χ3n) is 2.15. The van der Waals surface area contributed by atoms with Crippen LogP contribution in [0, 0.1) is 6.92 Å². The number of carbonyl (C=O) groups is 1. The van der Waals surface area contributed by atoms with Gasteiger partial charge in [-0.2, -0.15) is 0 Å². The van der Waals surface area contributed by atoms with Gasteiger partial charge >= 0.3 is 5.97 Å². The Bertz CT molecular complexity index is 531. The number of aryl methyl sites for hydroxylation is 1. The average Bonchev–Trinajstić information content (AvgIpc) is 2.77. The minimum Gasteiger partial charge on any atom is -0.481 e. The Labute approximate surface area is 113 Å². The molecule has 0 radical (unpaired) electrons. The van der Waals surface area contributed by atoms with E-state index in [2.05, 4.69) is 0 Å². The largest absolute Gasteiger partial charge is 0.481 e. The minimum absolute atomic E-state index is 0.0739. The lowest BCUT2D eigenvalue weighted by Gasteiger charge is -2.02. The van der Waals surface area contributed by atoms with Gasteiger partial charge in [-0.15, -0.1) is 23.1 Å². The molecule has 0 aliphatic heterocycles. The van der Waals surface area contributed by atoms with E-state index in [9.17, 15) is 4.79 Å². The summed E-state index contributed by atoms with van der Waals surface area (Å²) in [6, 6.07) is 9.66. The second-order valence-electron chi connectivity index (χ2n) is 3.70. The first kappa shape index (κ1) is 13.0. The van der Waals surface area contributed by atoms with Crippen LogP contribution in [0.3, 0.4) is 0 Å². The Morgan fingerprint density at radius 3 is 2.72 bits per heavy atom. The summed E-state index contributed by atoms with van der Waals surface area (Å²) in [6.07, 6.45) is 0. The van der Waals surface area contributed by atoms with E-state index < -0.39 is 5.97 Å². The molecular weight excluding hydrogens is 268 g/mol. The molecular formula is C13H12O3S2. The normalized spacial score (nSPS) is 10.3. The fraction of sp³-hybridized carbons (Fsp3) is 0.154. The maximum atomic E-state index is 10.5. The van der Waals surface area contributed by atoms with Crippen LogP contribution in [-0.2, 0) is 4.79 Å². The van der Waals surface area contributed by atoms with Gasteiger partial charge in [-0.25, -0.2) is 0 Å². The van der Waals surface area contributed by atoms with Crippen LogP contribution in [0.4, 0.5) is 0 Å². The van der Waals surface area contributed by atoms with Crippen LogP contribution in [0.5, 0.6) is 11.5 Å². The predicted octanol–water partition coefficient (Wildman–Crippen LogP) is 4.03. The fourth-order valence-electron chi connectivity index (χ4n) is 1.30. The van der Waals surface area contributed by atoms with Gasteiger partial charge in [0.05, 0.1) is 9.96 Å². The molecule has 0 spiro atoms. The van der Waals surface area contributed by atoms with Gasteiger partial charge in [0.25, 0.3) is 0 Å². The molecule has 0 fully saturated rings. The zero-order valence-corrected chi connectivity index (χ0v) is 11.4. The Balaban J connectivity index is 1.97. The highest BCUT2D eigenvalue weighted by Crippen LogP contribution is 2.32. The molecule has 94 valence electrons. The lowest BCUT2D eigenvalue weighted by atomic mass is 10.2. The van der Waals surface area contributed by atoms with Crippen molar-refractivity contribution in [1.29, 1.82) is 0 Å². The number of ether oxygens (including phenoxy) is 1. The molecule has 0 bridgehead atoms. The molecule has 0 unspecified atom stereocenters. The van der Waals surface area contributed by atoms with Crippen LogP contribution in [-0.4, -0.2) is 16.8 Å². The van der Waals surface area contributed by atoms with Crippen molar-refractivity contribution >= 4 is 29.1 Å². The summed E-state index contributed by atoms with van der Waals surface area (Å²) >= 11 is 2.79. The molecule has 0 atom stereocenters. The molecule has 0 aliphatic rings. The number of carboxylic acids is 1. The first-order valence-corrected chi connectivity index (χ1v) is 7.17. The third-order valence-corrected chi connectivity index (χ3v) is 4.28. The first-order chi connectivity index (χ1) is 8.63. The van der Waals surface area contributed by atoms with E-state index in [1.54, 1.807) is 0 Å². The van der Waals surface area contributed by atoms with Crippen LogP contribution in [0.2, 0.25) is 0 Å². The van der Waals surface area contributed by atoms with E-state index in [-0.39, 0.29) is 5.75 Å². The van der Waals surface area contributed by atoms with Crippen molar-refractivity contribution in [3.63, 3.8) is 0 Å². The predicted molar refractivity (Wildman–Crippen MR) is 73.9 cm³/mol. The van der Waals surface area contributed by atoms with E-state index in [0.717, 1.165) is 15.7 Å². The number of benzene rings is 1. The van der Waals surface area contributed by atoms with Crippen molar-refractivity contribution in [1.82, 2.24) is 0 Å². The van der Waals surface area contributed by atoms with Crippen molar-refractivity contribution in [2.24, 2.45) is 0 Å². The summed E-state index contributed by atoms with van der Waals surface area (Å²) in [4.78, 5) is 10.5. The quantitative estimate of drug-likeness (QED) is 0.840. The maximum absolute atomic E-state index is 10.5. The van der Waals surface area contributed by atoms with Gasteiger partial charge in [0.1, 0.15) is 11.5 Å². The first-order valence-electron chi connectivity index (χ1n) is 5.31. The number of hydrogen-bond acceptors (Lipinski definition) is 4. The van der Waals surface area contributed by atoms with Crippen molar-refractivity contribution in [2.75, 3.05) is 5.75 Å². The summed E-state index contributed by atoms with van der Waals surface area (Å²) in [5.74, 6) is 0.795. The molecule has 0 saturated carbocycles. The number of thiophene rings is 1. The van der Waals surface area contributed by atoms with Crippen LogP contribution in [0.1, 0.15) is 5.56 Å². The van der Waals surface area contributed by atoms with Gasteiger partial charge in [-0.3, -0.25) is 4.79 Å². The highest BCUT2D eigenvalue weighted by molar-refractivity contribution is 8.01. The molecule has 18 heavy (non-hydrogen) atoms. The molecule has 1 aromatic carbocycles. The summed E-state index contributed by atoms with van der Waals surface area (Å²) < 4.78 is 6.61. The highest BCUT2D eigenvalue weighted by Gasteiger charge is 2.05. The Hall–Kier alpha value is -1.46. The van der Waals surface area contributed by atoms with Gasteiger partial charge in [0.15, 0.2) is 0 Å². The molecule has 1 N–H and O–H groups in total. The summed E-state index contributed by atoms with van der Waals surface area (Å²) in [6.45, 7) is 2.02. The Morgan fingerprint density at radius 1 is 1.33 bits per heavy atom. The lowest BCUT2D eigenvalue weighted by molar-refractivity contribution is -0.133. The van der Waals surface area contributed by atoms with Crippen LogP contribution >= 0.6 is 23.1 Å². The minimum atomic E-state index is -0.811. The molecule has 2 aromatic rings. The highest BCUT2D eigenvalue weighted by atomic mass is 32.2. The van der Waals surface area contributed by atoms with Crippen molar-refractivity contribution in [2.45, 2.75) is 11.1 Å². The van der Waals surface area contributed by atoms with Gasteiger partial charge in [-0.1, -0.05) is 17.7 Å². The fourth-order valence-corrected chi connectivity index (χ4v) is 2.90. The SMILES string of the molecule is Cc1ccc(Oc2csc(SCC(=O)O)c2)cc1. The number of aliphatic carboxylic acids is 1. The van der Waals surface area contributed by atoms with E-state index in [1.807, 2.05) is 42.6 Å². The zero-order chi connectivity index (χ0) is 13.0. The second kappa shape index (κ2) is 5.93. The smallest absolute Gasteiger partial charge is 0.313 e. The lowest BCUT2D eigenvalue weighted by Crippen LogP contribution is -1.96. The monoisotopic (exact) mass is 280 g/mol. The Morgan fingerprint density at radius 2 is 2.06 bits per heavy atom. The summed E-state index contributed by atoms with van der Waals surface area (Å²) in [5, 5.41) is 10.5. The zero-order valence-electron chi connectivity index (χ0n) is 9.75. The summed E-state index contributed by atoms with van der Waals surface area (Å²) in [5.41, 5.74) is 1.19. The van der Waals surface area contributed by atoms with Gasteiger partial charge < -0.3 is 9.84 Å². The molecule has 2 rings (SSSR count). The molecule has 1 aromatic heterocycles. The van der Waals surface area contributed by atoms with E-state index in [0.29, 0.717) is 0 Å². The van der Waals surface area contributed by atoms with Gasteiger partial charge in [0, 0.05) is 11.4 Å². The van der Waals surface area contributed by atoms with Crippen LogP contribution in [0.15, 0.2) is 39.9 Å². The van der Waals surface area contributed by atoms with Crippen LogP contribution < -0.4 is 4.74 Å². The number of carboxylic acid groups (broad SMARTS) is 1. The maximum Gasteiger partial charge on any atom is 0.313 e. The van der Waals surface area contributed by atoms with Crippen molar-refractivity contribution < 1.29 is 14.6 Å². The van der Waals surface area contributed by atoms with E-state index >= 15 is 0 Å². The van der Waals surface area contributed by atoms with Crippen molar-refractivity contribution in [3.8, 4) is 11.5 Å². The second-order valence-corrected chi connectivity index (χ2v) is 5.89. The Kier molecular flexibility index (Phi) is 4.28. The van der Waals surface area contributed by atoms with Crippen LogP contribution in [0.25, 0.3) is 0 Å². The van der Waals surface area contributed by atoms with Gasteiger partial charge in [0.2, 0.25) is 0 Å². The third kappa shape index (κ3) is 3.78. The summed E-state index contributed by atoms with van der Waals surface area (Å²) in [7, 11) is 0.